The van der Waals surface area contributed by atoms with Gasteiger partial charge in [-0.05, 0) is 62.6 Å². The maximum absolute atomic E-state index is 13.4. The monoisotopic (exact) mass is 263 g/mol. The first-order chi connectivity index (χ1) is 9.13. The largest absolute Gasteiger partial charge is 0.389 e. The van der Waals surface area contributed by atoms with Gasteiger partial charge >= 0.3 is 0 Å². The molecule has 0 heterocycles. The minimum Gasteiger partial charge on any atom is -0.389 e. The number of aliphatic hydroxyl groups is 1. The van der Waals surface area contributed by atoms with Crippen molar-refractivity contribution in [2.45, 2.75) is 38.7 Å². The van der Waals surface area contributed by atoms with Gasteiger partial charge in [-0.1, -0.05) is 0 Å². The molecule has 1 unspecified atom stereocenters. The highest BCUT2D eigenvalue weighted by molar-refractivity contribution is 5.55. The van der Waals surface area contributed by atoms with Crippen LogP contribution in [0, 0.1) is 17.7 Å². The second kappa shape index (κ2) is 5.12. The Balaban J connectivity index is 1.85. The molecule has 2 aliphatic rings. The number of rotatable bonds is 6. The van der Waals surface area contributed by atoms with Gasteiger partial charge in [0.25, 0.3) is 0 Å². The SMILES string of the molecule is CC(O)c1cc(F)ccc1N(CC1CC1)CC1CC1. The van der Waals surface area contributed by atoms with Crippen LogP contribution in [0.2, 0.25) is 0 Å². The van der Waals surface area contributed by atoms with Gasteiger partial charge in [0.1, 0.15) is 5.82 Å². The molecule has 3 rings (SSSR count). The molecule has 1 aromatic carbocycles. The Morgan fingerprint density at radius 3 is 2.26 bits per heavy atom. The van der Waals surface area contributed by atoms with Gasteiger partial charge in [0.15, 0.2) is 0 Å². The van der Waals surface area contributed by atoms with Crippen LogP contribution in [0.1, 0.15) is 44.3 Å². The van der Waals surface area contributed by atoms with E-state index in [4.69, 9.17) is 0 Å². The van der Waals surface area contributed by atoms with Crippen LogP contribution in [0.4, 0.5) is 10.1 Å². The third-order valence-corrected chi connectivity index (χ3v) is 4.13. The van der Waals surface area contributed by atoms with Crippen molar-refractivity contribution >= 4 is 5.69 Å². The molecule has 2 aliphatic carbocycles. The summed E-state index contributed by atoms with van der Waals surface area (Å²) in [6.45, 7) is 3.83. The van der Waals surface area contributed by atoms with Gasteiger partial charge in [-0.15, -0.1) is 0 Å². The third-order valence-electron chi connectivity index (χ3n) is 4.13. The molecule has 0 aliphatic heterocycles. The molecule has 0 amide bonds. The number of aliphatic hydroxyl groups excluding tert-OH is 1. The summed E-state index contributed by atoms with van der Waals surface area (Å²) in [7, 11) is 0. The van der Waals surface area contributed by atoms with E-state index in [-0.39, 0.29) is 5.82 Å². The van der Waals surface area contributed by atoms with Crippen LogP contribution in [-0.2, 0) is 0 Å². The number of halogens is 1. The molecule has 0 bridgehead atoms. The lowest BCUT2D eigenvalue weighted by atomic mass is 10.1. The molecule has 0 saturated heterocycles. The summed E-state index contributed by atoms with van der Waals surface area (Å²) in [5, 5.41) is 9.88. The first-order valence-electron chi connectivity index (χ1n) is 7.36. The molecule has 19 heavy (non-hydrogen) atoms. The molecule has 2 saturated carbocycles. The summed E-state index contributed by atoms with van der Waals surface area (Å²) in [6.07, 6.45) is 4.63. The van der Waals surface area contributed by atoms with Crippen molar-refractivity contribution in [2.75, 3.05) is 18.0 Å². The summed E-state index contributed by atoms with van der Waals surface area (Å²) in [4.78, 5) is 2.37. The Morgan fingerprint density at radius 2 is 1.79 bits per heavy atom. The number of nitrogens with zero attached hydrogens (tertiary/aromatic N) is 1. The zero-order valence-electron chi connectivity index (χ0n) is 11.5. The molecule has 1 N–H and O–H groups in total. The predicted octanol–water partition coefficient (Wildman–Crippen LogP) is 3.51. The summed E-state index contributed by atoms with van der Waals surface area (Å²) in [5.41, 5.74) is 1.75. The van der Waals surface area contributed by atoms with Gasteiger partial charge in [-0.25, -0.2) is 4.39 Å². The molecule has 3 heteroatoms. The average molecular weight is 263 g/mol. The van der Waals surface area contributed by atoms with Gasteiger partial charge in [0.2, 0.25) is 0 Å². The molecule has 104 valence electrons. The zero-order valence-corrected chi connectivity index (χ0v) is 11.5. The van der Waals surface area contributed by atoms with Crippen LogP contribution < -0.4 is 4.90 Å². The van der Waals surface area contributed by atoms with Crippen molar-refractivity contribution < 1.29 is 9.50 Å². The number of anilines is 1. The number of benzene rings is 1. The molecular weight excluding hydrogens is 241 g/mol. The number of hydrogen-bond acceptors (Lipinski definition) is 2. The fraction of sp³-hybridized carbons (Fsp3) is 0.625. The molecule has 2 fully saturated rings. The van der Waals surface area contributed by atoms with Gasteiger partial charge < -0.3 is 10.0 Å². The molecule has 2 nitrogen and oxygen atoms in total. The van der Waals surface area contributed by atoms with E-state index < -0.39 is 6.10 Å². The average Bonchev–Trinajstić information content (AvgIpc) is 3.23. The third kappa shape index (κ3) is 3.27. The maximum atomic E-state index is 13.4. The molecule has 0 spiro atoms. The van der Waals surface area contributed by atoms with Crippen molar-refractivity contribution in [1.82, 2.24) is 0 Å². The van der Waals surface area contributed by atoms with Gasteiger partial charge in [0, 0.05) is 24.3 Å². The first-order valence-corrected chi connectivity index (χ1v) is 7.36. The normalized spacial score (nSPS) is 20.4. The Kier molecular flexibility index (Phi) is 3.48. The van der Waals surface area contributed by atoms with Crippen LogP contribution >= 0.6 is 0 Å². The minimum atomic E-state index is -0.619. The van der Waals surface area contributed by atoms with Crippen LogP contribution in [0.15, 0.2) is 18.2 Å². The highest BCUT2D eigenvalue weighted by Crippen LogP contribution is 2.37. The fourth-order valence-electron chi connectivity index (χ4n) is 2.64. The van der Waals surface area contributed by atoms with Crippen molar-refractivity contribution in [1.29, 1.82) is 0 Å². The summed E-state index contributed by atoms with van der Waals surface area (Å²) < 4.78 is 13.4. The van der Waals surface area contributed by atoms with E-state index >= 15 is 0 Å². The summed E-state index contributed by atoms with van der Waals surface area (Å²) in [6, 6.07) is 4.82. The minimum absolute atomic E-state index is 0.266. The first kappa shape index (κ1) is 12.9. The number of hydrogen-bond donors (Lipinski definition) is 1. The quantitative estimate of drug-likeness (QED) is 0.849. The highest BCUT2D eigenvalue weighted by Gasteiger charge is 2.30. The zero-order chi connectivity index (χ0) is 13.4. The van der Waals surface area contributed by atoms with Crippen molar-refractivity contribution in [3.63, 3.8) is 0 Å². The Hall–Kier alpha value is -1.09. The second-order valence-electron chi connectivity index (χ2n) is 6.17. The second-order valence-corrected chi connectivity index (χ2v) is 6.17. The Bertz CT molecular complexity index is 438. The van der Waals surface area contributed by atoms with E-state index in [1.165, 1.54) is 37.8 Å². The predicted molar refractivity (Wildman–Crippen MR) is 74.7 cm³/mol. The van der Waals surface area contributed by atoms with E-state index in [1.54, 1.807) is 6.92 Å². The van der Waals surface area contributed by atoms with E-state index in [2.05, 4.69) is 4.90 Å². The van der Waals surface area contributed by atoms with Crippen molar-refractivity contribution in [3.8, 4) is 0 Å². The van der Waals surface area contributed by atoms with Crippen LogP contribution in [0.5, 0.6) is 0 Å². The Labute approximate surface area is 114 Å². The standard InChI is InChI=1S/C16H22FNO/c1-11(19)15-8-14(17)6-7-16(15)18(9-12-2-3-12)10-13-4-5-13/h6-8,11-13,19H,2-5,9-10H2,1H3. The molecule has 1 atom stereocenters. The van der Waals surface area contributed by atoms with Gasteiger partial charge in [0.05, 0.1) is 6.10 Å². The van der Waals surface area contributed by atoms with Crippen LogP contribution in [0.3, 0.4) is 0 Å². The van der Waals surface area contributed by atoms with Crippen molar-refractivity contribution in [3.05, 3.63) is 29.6 Å². The highest BCUT2D eigenvalue weighted by atomic mass is 19.1. The van der Waals surface area contributed by atoms with Crippen LogP contribution in [-0.4, -0.2) is 18.2 Å². The molecule has 0 aromatic heterocycles. The molecular formula is C16H22FNO. The van der Waals surface area contributed by atoms with E-state index in [0.29, 0.717) is 0 Å². The van der Waals surface area contributed by atoms with Crippen LogP contribution in [0.25, 0.3) is 0 Å². The molecule has 1 aromatic rings. The lowest BCUT2D eigenvalue weighted by molar-refractivity contribution is 0.199. The summed E-state index contributed by atoms with van der Waals surface area (Å²) in [5.74, 6) is 1.33. The lowest BCUT2D eigenvalue weighted by Gasteiger charge is -2.28. The van der Waals surface area contributed by atoms with E-state index in [1.807, 2.05) is 6.07 Å². The topological polar surface area (TPSA) is 23.5 Å². The smallest absolute Gasteiger partial charge is 0.123 e. The molecule has 0 radical (unpaired) electrons. The Morgan fingerprint density at radius 1 is 1.21 bits per heavy atom. The summed E-state index contributed by atoms with van der Waals surface area (Å²) >= 11 is 0. The lowest BCUT2D eigenvalue weighted by Crippen LogP contribution is -2.29. The van der Waals surface area contributed by atoms with E-state index in [0.717, 1.165) is 36.2 Å². The van der Waals surface area contributed by atoms with Crippen molar-refractivity contribution in [2.24, 2.45) is 11.8 Å². The van der Waals surface area contributed by atoms with Gasteiger partial charge in [-0.2, -0.15) is 0 Å². The van der Waals surface area contributed by atoms with Gasteiger partial charge in [-0.3, -0.25) is 0 Å². The maximum Gasteiger partial charge on any atom is 0.123 e. The van der Waals surface area contributed by atoms with E-state index in [9.17, 15) is 9.50 Å². The fourth-order valence-corrected chi connectivity index (χ4v) is 2.64.